The van der Waals surface area contributed by atoms with Crippen LogP contribution in [0.3, 0.4) is 0 Å². The second-order valence-corrected chi connectivity index (χ2v) is 3.14. The Morgan fingerprint density at radius 2 is 2.29 bits per heavy atom. The Hall–Kier alpha value is -1.61. The molecule has 0 amide bonds. The average Bonchev–Trinajstić information content (AvgIpc) is 2.66. The molecule has 14 heavy (non-hydrogen) atoms. The van der Waals surface area contributed by atoms with Gasteiger partial charge < -0.3 is 4.42 Å². The molecule has 0 aliphatic rings. The van der Waals surface area contributed by atoms with Gasteiger partial charge in [0.2, 0.25) is 5.89 Å². The molecule has 0 aliphatic carbocycles. The summed E-state index contributed by atoms with van der Waals surface area (Å²) in [5.74, 6) is 0.398. The maximum Gasteiger partial charge on any atom is 0.226 e. The second kappa shape index (κ2) is 3.64. The summed E-state index contributed by atoms with van der Waals surface area (Å²) in [6, 6.07) is 7.09. The van der Waals surface area contributed by atoms with Crippen LogP contribution in [0.1, 0.15) is 10.5 Å². The molecule has 0 radical (unpaired) electrons. The van der Waals surface area contributed by atoms with E-state index in [-0.39, 0.29) is 5.69 Å². The highest BCUT2D eigenvalue weighted by molar-refractivity contribution is 6.30. The predicted octanol–water partition coefficient (Wildman–Crippen LogP) is 2.81. The Morgan fingerprint density at radius 1 is 1.43 bits per heavy atom. The zero-order chi connectivity index (χ0) is 9.97. The van der Waals surface area contributed by atoms with Crippen molar-refractivity contribution in [1.82, 2.24) is 4.98 Å². The fourth-order valence-corrected chi connectivity index (χ4v) is 1.28. The highest BCUT2D eigenvalue weighted by atomic mass is 35.5. The van der Waals surface area contributed by atoms with Gasteiger partial charge in [0.25, 0.3) is 0 Å². The number of carbonyl (C=O) groups excluding carboxylic acids is 1. The minimum absolute atomic E-state index is 0.278. The number of oxazole rings is 1. The molecule has 2 aromatic rings. The fourth-order valence-electron chi connectivity index (χ4n) is 1.09. The van der Waals surface area contributed by atoms with Crippen molar-refractivity contribution in [3.05, 3.63) is 41.2 Å². The molecule has 0 unspecified atom stereocenters. The number of rotatable bonds is 2. The van der Waals surface area contributed by atoms with Gasteiger partial charge in [-0.25, -0.2) is 4.98 Å². The van der Waals surface area contributed by atoms with Crippen molar-refractivity contribution < 1.29 is 9.21 Å². The van der Waals surface area contributed by atoms with Crippen molar-refractivity contribution in [2.45, 2.75) is 0 Å². The van der Waals surface area contributed by atoms with E-state index in [2.05, 4.69) is 4.98 Å². The summed E-state index contributed by atoms with van der Waals surface area (Å²) in [5.41, 5.74) is 1.03. The molecule has 2 rings (SSSR count). The molecule has 0 aliphatic heterocycles. The molecular formula is C10H6ClNO2. The van der Waals surface area contributed by atoms with Gasteiger partial charge in [-0.15, -0.1) is 0 Å². The molecule has 70 valence electrons. The summed E-state index contributed by atoms with van der Waals surface area (Å²) in [5, 5.41) is 0.605. The highest BCUT2D eigenvalue weighted by Gasteiger charge is 2.05. The normalized spacial score (nSPS) is 10.1. The van der Waals surface area contributed by atoms with Gasteiger partial charge in [0.15, 0.2) is 6.29 Å². The van der Waals surface area contributed by atoms with Crippen molar-refractivity contribution in [2.24, 2.45) is 0 Å². The first-order valence-corrected chi connectivity index (χ1v) is 4.34. The number of carbonyl (C=O) groups is 1. The van der Waals surface area contributed by atoms with E-state index < -0.39 is 0 Å². The smallest absolute Gasteiger partial charge is 0.226 e. The van der Waals surface area contributed by atoms with E-state index in [4.69, 9.17) is 16.0 Å². The molecule has 1 heterocycles. The quantitative estimate of drug-likeness (QED) is 0.712. The lowest BCUT2D eigenvalue weighted by molar-refractivity contribution is 0.111. The van der Waals surface area contributed by atoms with Crippen molar-refractivity contribution in [3.63, 3.8) is 0 Å². The molecule has 0 saturated heterocycles. The summed E-state index contributed by atoms with van der Waals surface area (Å²) in [6.45, 7) is 0. The maximum absolute atomic E-state index is 10.4. The summed E-state index contributed by atoms with van der Waals surface area (Å²) in [7, 11) is 0. The van der Waals surface area contributed by atoms with Gasteiger partial charge in [0.05, 0.1) is 0 Å². The number of hydrogen-bond acceptors (Lipinski definition) is 3. The average molecular weight is 208 g/mol. The monoisotopic (exact) mass is 207 g/mol. The fraction of sp³-hybridized carbons (Fsp3) is 0. The van der Waals surface area contributed by atoms with Crippen molar-refractivity contribution >= 4 is 17.9 Å². The van der Waals surface area contributed by atoms with Gasteiger partial charge in [-0.1, -0.05) is 17.7 Å². The standard InChI is InChI=1S/C10H6ClNO2/c11-8-3-1-2-7(4-8)10-12-9(5-13)6-14-10/h1-6H. The first-order chi connectivity index (χ1) is 6.79. The largest absolute Gasteiger partial charge is 0.444 e. The van der Waals surface area contributed by atoms with E-state index in [0.717, 1.165) is 5.56 Å². The van der Waals surface area contributed by atoms with E-state index in [1.165, 1.54) is 6.26 Å². The van der Waals surface area contributed by atoms with Crippen LogP contribution in [0, 0.1) is 0 Å². The molecule has 0 bridgehead atoms. The van der Waals surface area contributed by atoms with Crippen molar-refractivity contribution in [1.29, 1.82) is 0 Å². The van der Waals surface area contributed by atoms with Gasteiger partial charge in [-0.3, -0.25) is 4.79 Å². The molecule has 3 nitrogen and oxygen atoms in total. The van der Waals surface area contributed by atoms with Crippen LogP contribution in [0.15, 0.2) is 34.9 Å². The third-order valence-electron chi connectivity index (χ3n) is 1.71. The molecule has 1 aromatic heterocycles. The Morgan fingerprint density at radius 3 is 2.93 bits per heavy atom. The van der Waals surface area contributed by atoms with Crippen LogP contribution in [0.25, 0.3) is 11.5 Å². The van der Waals surface area contributed by atoms with Crippen LogP contribution in [-0.2, 0) is 0 Å². The lowest BCUT2D eigenvalue weighted by Crippen LogP contribution is -1.80. The number of nitrogens with zero attached hydrogens (tertiary/aromatic N) is 1. The van der Waals surface area contributed by atoms with Crippen molar-refractivity contribution in [2.75, 3.05) is 0 Å². The Kier molecular flexibility index (Phi) is 2.33. The van der Waals surface area contributed by atoms with Crippen LogP contribution in [-0.4, -0.2) is 11.3 Å². The predicted molar refractivity (Wildman–Crippen MR) is 52.3 cm³/mol. The lowest BCUT2D eigenvalue weighted by atomic mass is 10.2. The molecule has 0 saturated carbocycles. The Bertz CT molecular complexity index is 465. The first-order valence-electron chi connectivity index (χ1n) is 3.96. The summed E-state index contributed by atoms with van der Waals surface area (Å²) >= 11 is 5.80. The van der Waals surface area contributed by atoms with Crippen LogP contribution in [0.4, 0.5) is 0 Å². The minimum Gasteiger partial charge on any atom is -0.444 e. The number of aldehydes is 1. The van der Waals surface area contributed by atoms with Crippen LogP contribution in [0.5, 0.6) is 0 Å². The number of hydrogen-bond donors (Lipinski definition) is 0. The van der Waals surface area contributed by atoms with Crippen LogP contribution in [0.2, 0.25) is 5.02 Å². The van der Waals surface area contributed by atoms with Gasteiger partial charge in [0, 0.05) is 10.6 Å². The summed E-state index contributed by atoms with van der Waals surface area (Å²) < 4.78 is 5.10. The number of halogens is 1. The molecule has 4 heteroatoms. The third kappa shape index (κ3) is 1.67. The van der Waals surface area contributed by atoms with Gasteiger partial charge in [-0.05, 0) is 18.2 Å². The third-order valence-corrected chi connectivity index (χ3v) is 1.95. The van der Waals surface area contributed by atoms with E-state index in [9.17, 15) is 4.79 Å². The van der Waals surface area contributed by atoms with Gasteiger partial charge >= 0.3 is 0 Å². The number of benzene rings is 1. The lowest BCUT2D eigenvalue weighted by Gasteiger charge is -1.94. The first kappa shape index (κ1) is 8.97. The Balaban J connectivity index is 2.43. The molecule has 0 N–H and O–H groups in total. The van der Waals surface area contributed by atoms with E-state index in [1.807, 2.05) is 6.07 Å². The molecule has 0 fully saturated rings. The van der Waals surface area contributed by atoms with Crippen molar-refractivity contribution in [3.8, 4) is 11.5 Å². The van der Waals surface area contributed by atoms with Crippen LogP contribution >= 0.6 is 11.6 Å². The summed E-state index contributed by atoms with van der Waals surface area (Å²) in [4.78, 5) is 14.3. The molecular weight excluding hydrogens is 202 g/mol. The Labute approximate surface area is 85.3 Å². The minimum atomic E-state index is 0.278. The number of aromatic nitrogens is 1. The van der Waals surface area contributed by atoms with E-state index in [1.54, 1.807) is 18.2 Å². The van der Waals surface area contributed by atoms with Gasteiger partial charge in [-0.2, -0.15) is 0 Å². The SMILES string of the molecule is O=Cc1coc(-c2cccc(Cl)c2)n1. The molecule has 0 spiro atoms. The van der Waals surface area contributed by atoms with E-state index in [0.29, 0.717) is 17.2 Å². The highest BCUT2D eigenvalue weighted by Crippen LogP contribution is 2.21. The summed E-state index contributed by atoms with van der Waals surface area (Å²) in [6.07, 6.45) is 1.95. The van der Waals surface area contributed by atoms with Gasteiger partial charge in [0.1, 0.15) is 12.0 Å². The zero-order valence-corrected chi connectivity index (χ0v) is 7.86. The molecule has 0 atom stereocenters. The second-order valence-electron chi connectivity index (χ2n) is 2.71. The van der Waals surface area contributed by atoms with E-state index >= 15 is 0 Å². The zero-order valence-electron chi connectivity index (χ0n) is 7.11. The topological polar surface area (TPSA) is 43.1 Å². The molecule has 1 aromatic carbocycles. The maximum atomic E-state index is 10.4. The van der Waals surface area contributed by atoms with Crippen LogP contribution < -0.4 is 0 Å².